The van der Waals surface area contributed by atoms with Crippen molar-refractivity contribution in [2.45, 2.75) is 30.6 Å². The Morgan fingerprint density at radius 1 is 0.760 bits per heavy atom. The van der Waals surface area contributed by atoms with E-state index in [-0.39, 0.29) is 4.90 Å². The summed E-state index contributed by atoms with van der Waals surface area (Å²) in [6, 6.07) is 5.70. The molecule has 1 rings (SSSR count). The summed E-state index contributed by atoms with van der Waals surface area (Å²) in [7, 11) is -3.58. The van der Waals surface area contributed by atoms with E-state index in [1.807, 2.05) is 0 Å². The van der Waals surface area contributed by atoms with E-state index in [1.165, 1.54) is 37.1 Å². The van der Waals surface area contributed by atoms with Crippen LogP contribution in [0.5, 0.6) is 0 Å². The number of nitrogens with two attached hydrogens (primary N) is 4. The average molecular weight is 375 g/mol. The predicted molar refractivity (Wildman–Crippen MR) is 105 cm³/mol. The molecule has 0 heterocycles. The largest absolute Gasteiger partial charge is 0.399 e. The fraction of sp³-hybridized carbons (Fsp3) is 0.625. The Labute approximate surface area is 151 Å². The molecule has 0 spiro atoms. The first-order valence-electron chi connectivity index (χ1n) is 8.61. The van der Waals surface area contributed by atoms with Crippen molar-refractivity contribution in [3.8, 4) is 0 Å². The van der Waals surface area contributed by atoms with Crippen LogP contribution in [0.1, 0.15) is 25.7 Å². The number of anilines is 1. The summed E-state index contributed by atoms with van der Waals surface area (Å²) in [5.74, 6) is 0. The van der Waals surface area contributed by atoms with Crippen molar-refractivity contribution >= 4 is 15.7 Å². The van der Waals surface area contributed by atoms with Crippen molar-refractivity contribution in [3.05, 3.63) is 24.3 Å². The maximum absolute atomic E-state index is 10.7. The third kappa shape index (κ3) is 14.8. The van der Waals surface area contributed by atoms with Gasteiger partial charge in [-0.15, -0.1) is 0 Å². The minimum Gasteiger partial charge on any atom is -0.399 e. The van der Waals surface area contributed by atoms with Gasteiger partial charge < -0.3 is 27.8 Å². The highest BCUT2D eigenvalue weighted by Crippen LogP contribution is 2.08. The Balaban J connectivity index is 0.000000472. The van der Waals surface area contributed by atoms with Crippen LogP contribution >= 0.6 is 0 Å². The molecule has 0 atom stereocenters. The Morgan fingerprint density at radius 2 is 1.16 bits per heavy atom. The predicted octanol–water partition coefficient (Wildman–Crippen LogP) is -0.440. The number of rotatable bonds is 12. The molecule has 10 N–H and O–H groups in total. The zero-order valence-electron chi connectivity index (χ0n) is 14.9. The van der Waals surface area contributed by atoms with Crippen molar-refractivity contribution in [3.63, 3.8) is 0 Å². The van der Waals surface area contributed by atoms with E-state index in [0.717, 1.165) is 52.1 Å². The van der Waals surface area contributed by atoms with Gasteiger partial charge in [-0.1, -0.05) is 0 Å². The summed E-state index contributed by atoms with van der Waals surface area (Å²) >= 11 is 0. The lowest BCUT2D eigenvalue weighted by molar-refractivity contribution is 0.570. The van der Waals surface area contributed by atoms with Crippen LogP contribution < -0.4 is 33.0 Å². The molecule has 1 aromatic rings. The molecular formula is C16H34N6O2S. The molecule has 146 valence electrons. The molecule has 0 aliphatic rings. The molecule has 1 aromatic carbocycles. The molecule has 0 amide bonds. The van der Waals surface area contributed by atoms with Crippen molar-refractivity contribution in [2.75, 3.05) is 45.0 Å². The SMILES string of the molecule is NCCCNCCCCNCCCN.Nc1ccc(S(N)(=O)=O)cc1. The lowest BCUT2D eigenvalue weighted by Gasteiger charge is -2.04. The van der Waals surface area contributed by atoms with Gasteiger partial charge in [-0.05, 0) is 89.2 Å². The number of benzene rings is 1. The van der Waals surface area contributed by atoms with Crippen molar-refractivity contribution < 1.29 is 8.42 Å². The Morgan fingerprint density at radius 3 is 1.52 bits per heavy atom. The second-order valence-corrected chi connectivity index (χ2v) is 7.17. The molecule has 0 aromatic heterocycles. The zero-order valence-corrected chi connectivity index (χ0v) is 15.7. The topological polar surface area (TPSA) is 162 Å². The lowest BCUT2D eigenvalue weighted by Crippen LogP contribution is -2.22. The quantitative estimate of drug-likeness (QED) is 0.213. The number of nitrogens with one attached hydrogen (secondary N) is 2. The molecular weight excluding hydrogens is 340 g/mol. The smallest absolute Gasteiger partial charge is 0.238 e. The summed E-state index contributed by atoms with van der Waals surface area (Å²) in [4.78, 5) is 0.0756. The molecule has 0 fully saturated rings. The van der Waals surface area contributed by atoms with Crippen molar-refractivity contribution in [2.24, 2.45) is 16.6 Å². The van der Waals surface area contributed by atoms with Crippen molar-refractivity contribution in [1.29, 1.82) is 0 Å². The van der Waals surface area contributed by atoms with E-state index < -0.39 is 10.0 Å². The molecule has 0 unspecified atom stereocenters. The van der Waals surface area contributed by atoms with Crippen LogP contribution in [0.3, 0.4) is 0 Å². The molecule has 0 radical (unpaired) electrons. The molecule has 0 bridgehead atoms. The molecule has 0 saturated heterocycles. The highest BCUT2D eigenvalue weighted by molar-refractivity contribution is 7.89. The van der Waals surface area contributed by atoms with Gasteiger partial charge in [0.15, 0.2) is 0 Å². The fourth-order valence-corrected chi connectivity index (χ4v) is 2.38. The van der Waals surface area contributed by atoms with Gasteiger partial charge in [-0.3, -0.25) is 0 Å². The first-order chi connectivity index (χ1) is 11.9. The Bertz CT molecular complexity index is 510. The number of primary sulfonamides is 1. The number of unbranched alkanes of at least 4 members (excludes halogenated alkanes) is 1. The highest BCUT2D eigenvalue weighted by atomic mass is 32.2. The Kier molecular flexibility index (Phi) is 14.3. The number of hydrogen-bond donors (Lipinski definition) is 6. The monoisotopic (exact) mass is 374 g/mol. The second kappa shape index (κ2) is 15.1. The molecule has 25 heavy (non-hydrogen) atoms. The van der Waals surface area contributed by atoms with Gasteiger partial charge in [0.2, 0.25) is 10.0 Å². The number of nitrogen functional groups attached to an aromatic ring is 1. The fourth-order valence-electron chi connectivity index (χ4n) is 1.86. The van der Waals surface area contributed by atoms with Crippen LogP contribution in [-0.2, 0) is 10.0 Å². The molecule has 0 aliphatic carbocycles. The van der Waals surface area contributed by atoms with Gasteiger partial charge in [-0.2, -0.15) is 0 Å². The average Bonchev–Trinajstić information content (AvgIpc) is 2.57. The minimum absolute atomic E-state index is 0.0756. The highest BCUT2D eigenvalue weighted by Gasteiger charge is 2.05. The molecule has 0 aliphatic heterocycles. The van der Waals surface area contributed by atoms with E-state index >= 15 is 0 Å². The van der Waals surface area contributed by atoms with Crippen LogP contribution in [0.15, 0.2) is 29.2 Å². The maximum Gasteiger partial charge on any atom is 0.238 e. The van der Waals surface area contributed by atoms with Crippen LogP contribution in [0, 0.1) is 0 Å². The summed E-state index contributed by atoms with van der Waals surface area (Å²) < 4.78 is 21.4. The van der Waals surface area contributed by atoms with Crippen LogP contribution in [0.25, 0.3) is 0 Å². The van der Waals surface area contributed by atoms with E-state index in [4.69, 9.17) is 22.3 Å². The third-order valence-electron chi connectivity index (χ3n) is 3.28. The first kappa shape index (κ1) is 23.8. The van der Waals surface area contributed by atoms with E-state index in [1.54, 1.807) is 0 Å². The molecule has 0 saturated carbocycles. The van der Waals surface area contributed by atoms with Gasteiger partial charge in [-0.25, -0.2) is 13.6 Å². The van der Waals surface area contributed by atoms with Gasteiger partial charge in [0.1, 0.15) is 0 Å². The van der Waals surface area contributed by atoms with E-state index in [2.05, 4.69) is 10.6 Å². The summed E-state index contributed by atoms with van der Waals surface area (Å²) in [5, 5.41) is 11.6. The lowest BCUT2D eigenvalue weighted by atomic mass is 10.3. The second-order valence-electron chi connectivity index (χ2n) is 5.61. The summed E-state index contributed by atoms with van der Waals surface area (Å²) in [5.41, 5.74) is 16.6. The maximum atomic E-state index is 10.7. The third-order valence-corrected chi connectivity index (χ3v) is 4.21. The normalized spacial score (nSPS) is 11.0. The molecule has 8 nitrogen and oxygen atoms in total. The number of sulfonamides is 1. The first-order valence-corrected chi connectivity index (χ1v) is 10.2. The van der Waals surface area contributed by atoms with E-state index in [9.17, 15) is 8.42 Å². The van der Waals surface area contributed by atoms with Gasteiger partial charge in [0.05, 0.1) is 4.90 Å². The standard InChI is InChI=1S/C10H26N4.C6H8N2O2S/c11-5-3-9-13-7-1-2-8-14-10-4-6-12;7-5-1-3-6(4-2-5)11(8,9)10/h13-14H,1-12H2;1-4H,7H2,(H2,8,9,10). The molecule has 9 heteroatoms. The van der Waals surface area contributed by atoms with Crippen LogP contribution in [0.4, 0.5) is 5.69 Å². The number of hydrogen-bond acceptors (Lipinski definition) is 7. The minimum atomic E-state index is -3.58. The van der Waals surface area contributed by atoms with Crippen LogP contribution in [-0.4, -0.2) is 47.7 Å². The van der Waals surface area contributed by atoms with Gasteiger partial charge >= 0.3 is 0 Å². The summed E-state index contributed by atoms with van der Waals surface area (Å²) in [6.45, 7) is 5.90. The van der Waals surface area contributed by atoms with Gasteiger partial charge in [0.25, 0.3) is 0 Å². The van der Waals surface area contributed by atoms with E-state index in [0.29, 0.717) is 5.69 Å². The van der Waals surface area contributed by atoms with Crippen molar-refractivity contribution in [1.82, 2.24) is 10.6 Å². The Hall–Kier alpha value is -1.23. The summed E-state index contributed by atoms with van der Waals surface area (Å²) in [6.07, 6.45) is 4.63. The van der Waals surface area contributed by atoms with Gasteiger partial charge in [0, 0.05) is 5.69 Å². The zero-order chi connectivity index (χ0) is 19.0. The van der Waals surface area contributed by atoms with Crippen LogP contribution in [0.2, 0.25) is 0 Å².